The molecule has 11 aromatic rings. The molecule has 0 aliphatic carbocycles. The Labute approximate surface area is 311 Å². The highest BCUT2D eigenvalue weighted by atomic mass is 31.2. The Morgan fingerprint density at radius 3 is 0.926 bits per heavy atom. The van der Waals surface area contributed by atoms with Gasteiger partial charge in [0, 0.05) is 53.4 Å². The number of benzene rings is 8. The minimum absolute atomic E-state index is 0.801. The second-order valence-corrected chi connectivity index (χ2v) is 19.4. The Morgan fingerprint density at radius 2 is 0.593 bits per heavy atom. The molecular formula is C48H32N2O2P2. The molecule has 0 bridgehead atoms. The minimum Gasteiger partial charge on any atom is -0.309 e. The molecule has 0 saturated carbocycles. The number of para-hydroxylation sites is 2. The molecule has 3 heterocycles. The Bertz CT molecular complexity index is 3010. The largest absolute Gasteiger partial charge is 0.309 e. The van der Waals surface area contributed by atoms with Crippen LogP contribution in [-0.4, -0.2) is 8.80 Å². The lowest BCUT2D eigenvalue weighted by Crippen LogP contribution is -2.26. The van der Waals surface area contributed by atoms with Gasteiger partial charge in [-0.25, -0.2) is 0 Å². The van der Waals surface area contributed by atoms with Crippen molar-refractivity contribution >= 4 is 101 Å². The van der Waals surface area contributed by atoms with Crippen molar-refractivity contribution in [2.75, 3.05) is 0 Å². The highest BCUT2D eigenvalue weighted by Crippen LogP contribution is 2.50. The quantitative estimate of drug-likeness (QED) is 0.126. The van der Waals surface area contributed by atoms with Crippen molar-refractivity contribution in [1.82, 2.24) is 8.80 Å². The first-order chi connectivity index (χ1) is 26.6. The molecule has 0 amide bonds. The predicted octanol–water partition coefficient (Wildman–Crippen LogP) is 9.52. The van der Waals surface area contributed by atoms with Crippen LogP contribution in [0.25, 0.3) is 54.6 Å². The van der Waals surface area contributed by atoms with Gasteiger partial charge in [-0.15, -0.1) is 0 Å². The smallest absolute Gasteiger partial charge is 0.171 e. The van der Waals surface area contributed by atoms with Crippen LogP contribution in [0.3, 0.4) is 0 Å². The maximum atomic E-state index is 16.1. The molecule has 6 heteroatoms. The molecule has 4 nitrogen and oxygen atoms in total. The van der Waals surface area contributed by atoms with Crippen molar-refractivity contribution in [3.05, 3.63) is 194 Å². The van der Waals surface area contributed by atoms with Gasteiger partial charge in [-0.3, -0.25) is 0 Å². The van der Waals surface area contributed by atoms with E-state index in [0.29, 0.717) is 0 Å². The van der Waals surface area contributed by atoms with Crippen LogP contribution in [-0.2, 0) is 9.13 Å². The molecule has 0 saturated heterocycles. The summed E-state index contributed by atoms with van der Waals surface area (Å²) in [5.74, 6) is 0. The number of rotatable bonds is 6. The van der Waals surface area contributed by atoms with Crippen LogP contribution >= 0.6 is 14.3 Å². The molecule has 3 aromatic heterocycles. The van der Waals surface area contributed by atoms with Crippen molar-refractivity contribution in [3.8, 4) is 0 Å². The van der Waals surface area contributed by atoms with Gasteiger partial charge in [0.2, 0.25) is 0 Å². The van der Waals surface area contributed by atoms with Gasteiger partial charge < -0.3 is 17.9 Å². The summed E-state index contributed by atoms with van der Waals surface area (Å²) < 4.78 is 36.9. The fraction of sp³-hybridized carbons (Fsp3) is 0. The molecule has 11 rings (SSSR count). The molecule has 54 heavy (non-hydrogen) atoms. The molecule has 0 fully saturated rings. The van der Waals surface area contributed by atoms with Crippen LogP contribution in [0.5, 0.6) is 0 Å². The lowest BCUT2D eigenvalue weighted by atomic mass is 10.1. The van der Waals surface area contributed by atoms with E-state index in [1.54, 1.807) is 0 Å². The van der Waals surface area contributed by atoms with Crippen molar-refractivity contribution in [2.24, 2.45) is 0 Å². The number of fused-ring (bicyclic) bond motifs is 8. The highest BCUT2D eigenvalue weighted by Gasteiger charge is 2.36. The fourth-order valence-corrected chi connectivity index (χ4v) is 14.6. The third-order valence-electron chi connectivity index (χ3n) is 11.2. The van der Waals surface area contributed by atoms with Gasteiger partial charge in [0.15, 0.2) is 14.3 Å². The van der Waals surface area contributed by atoms with E-state index in [0.717, 1.165) is 86.5 Å². The first-order valence-corrected chi connectivity index (χ1v) is 21.6. The van der Waals surface area contributed by atoms with E-state index in [2.05, 4.69) is 81.6 Å². The van der Waals surface area contributed by atoms with Crippen LogP contribution in [0.2, 0.25) is 0 Å². The molecule has 0 radical (unpaired) electrons. The van der Waals surface area contributed by atoms with Gasteiger partial charge in [-0.05, 0) is 36.4 Å². The monoisotopic (exact) mass is 730 g/mol. The third-order valence-corrected chi connectivity index (χ3v) is 17.4. The molecule has 0 spiro atoms. The maximum Gasteiger partial charge on any atom is 0.171 e. The Hall–Kier alpha value is -6.18. The SMILES string of the molecule is O=P(c1ccccc1)(c1ccccc1)c1ccc2c3c1c1ccccc1n3c1ccc(P(=O)(c3ccccc3)c3ccccc3)c3c4ccccc4n2c31. The lowest BCUT2D eigenvalue weighted by Gasteiger charge is -2.23. The molecular weight excluding hydrogens is 698 g/mol. The van der Waals surface area contributed by atoms with Crippen LogP contribution in [0.4, 0.5) is 0 Å². The van der Waals surface area contributed by atoms with Gasteiger partial charge in [0.25, 0.3) is 0 Å². The number of aromatic nitrogens is 2. The normalized spacial score (nSPS) is 12.6. The summed E-state index contributed by atoms with van der Waals surface area (Å²) in [7, 11) is -6.70. The summed E-state index contributed by atoms with van der Waals surface area (Å²) in [5.41, 5.74) is 6.10. The average molecular weight is 731 g/mol. The Balaban J connectivity index is 1.35. The molecule has 256 valence electrons. The second kappa shape index (κ2) is 11.7. The van der Waals surface area contributed by atoms with Crippen LogP contribution in [0.15, 0.2) is 194 Å². The van der Waals surface area contributed by atoms with Gasteiger partial charge in [-0.1, -0.05) is 158 Å². The summed E-state index contributed by atoms with van der Waals surface area (Å²) in [4.78, 5) is 0. The Kier molecular flexibility index (Phi) is 6.77. The van der Waals surface area contributed by atoms with E-state index in [1.807, 2.05) is 121 Å². The fourth-order valence-electron chi connectivity index (χ4n) is 8.92. The number of hydrogen-bond donors (Lipinski definition) is 0. The van der Waals surface area contributed by atoms with Crippen LogP contribution < -0.4 is 31.8 Å². The van der Waals surface area contributed by atoms with E-state index in [-0.39, 0.29) is 0 Å². The van der Waals surface area contributed by atoms with Crippen LogP contribution in [0, 0.1) is 0 Å². The molecule has 8 aromatic carbocycles. The van der Waals surface area contributed by atoms with Gasteiger partial charge in [0.05, 0.1) is 33.1 Å². The predicted molar refractivity (Wildman–Crippen MR) is 228 cm³/mol. The zero-order valence-corrected chi connectivity index (χ0v) is 30.9. The summed E-state index contributed by atoms with van der Waals surface area (Å²) in [5, 5.41) is 8.90. The average Bonchev–Trinajstić information content (AvgIpc) is 3.79. The zero-order chi connectivity index (χ0) is 36.0. The third kappa shape index (κ3) is 4.10. The topological polar surface area (TPSA) is 43.0 Å². The van der Waals surface area contributed by atoms with E-state index < -0.39 is 14.3 Å². The van der Waals surface area contributed by atoms with Gasteiger partial charge in [0.1, 0.15) is 0 Å². The molecule has 0 aliphatic heterocycles. The standard InChI is InChI=1S/C48H32N2O2P2/c51-53(33-17-5-1-6-18-33,34-19-7-2-8-20-34)43-31-29-41-47-45(43)37-25-13-15-27-39(37)49(47)42-30-32-44(46-38-26-14-16-28-40(38)50(41)48(42)46)54(52,35-21-9-3-10-22-35)36-23-11-4-12-24-36/h1-32H. The van der Waals surface area contributed by atoms with Gasteiger partial charge in [-0.2, -0.15) is 0 Å². The van der Waals surface area contributed by atoms with Crippen molar-refractivity contribution in [2.45, 2.75) is 0 Å². The molecule has 0 unspecified atom stereocenters. The highest BCUT2D eigenvalue weighted by molar-refractivity contribution is 7.86. The van der Waals surface area contributed by atoms with E-state index >= 15 is 9.13 Å². The molecule has 0 atom stereocenters. The van der Waals surface area contributed by atoms with E-state index in [9.17, 15) is 0 Å². The molecule has 0 N–H and O–H groups in total. The van der Waals surface area contributed by atoms with E-state index in [1.165, 1.54) is 0 Å². The zero-order valence-electron chi connectivity index (χ0n) is 29.1. The summed E-state index contributed by atoms with van der Waals surface area (Å²) in [6, 6.07) is 65.1. The van der Waals surface area contributed by atoms with Crippen LogP contribution in [0.1, 0.15) is 0 Å². The second-order valence-electron chi connectivity index (χ2n) is 13.9. The summed E-state index contributed by atoms with van der Waals surface area (Å²) in [6.07, 6.45) is 0. The van der Waals surface area contributed by atoms with Crippen molar-refractivity contribution < 1.29 is 9.13 Å². The number of hydrogen-bond acceptors (Lipinski definition) is 2. The number of nitrogens with zero attached hydrogens (tertiary/aromatic N) is 2. The minimum atomic E-state index is -3.35. The molecule has 0 aliphatic rings. The van der Waals surface area contributed by atoms with Crippen molar-refractivity contribution in [3.63, 3.8) is 0 Å². The van der Waals surface area contributed by atoms with Gasteiger partial charge >= 0.3 is 0 Å². The maximum absolute atomic E-state index is 16.1. The lowest BCUT2D eigenvalue weighted by molar-refractivity contribution is 0.592. The Morgan fingerprint density at radius 1 is 0.296 bits per heavy atom. The first kappa shape index (κ1) is 31.4. The first-order valence-electron chi connectivity index (χ1n) is 18.2. The van der Waals surface area contributed by atoms with E-state index in [4.69, 9.17) is 0 Å². The van der Waals surface area contributed by atoms with Crippen molar-refractivity contribution in [1.29, 1.82) is 0 Å². The summed E-state index contributed by atoms with van der Waals surface area (Å²) >= 11 is 0. The summed E-state index contributed by atoms with van der Waals surface area (Å²) in [6.45, 7) is 0.